The van der Waals surface area contributed by atoms with Crippen molar-refractivity contribution in [3.05, 3.63) is 77.1 Å². The van der Waals surface area contributed by atoms with E-state index in [1.807, 2.05) is 50.2 Å². The van der Waals surface area contributed by atoms with Crippen molar-refractivity contribution in [3.63, 3.8) is 0 Å². The molecule has 7 heteroatoms. The molecule has 146 valence electrons. The van der Waals surface area contributed by atoms with Crippen molar-refractivity contribution in [2.45, 2.75) is 20.3 Å². The zero-order valence-corrected chi connectivity index (χ0v) is 16.2. The third-order valence-corrected chi connectivity index (χ3v) is 4.45. The minimum atomic E-state index is -0.521. The summed E-state index contributed by atoms with van der Waals surface area (Å²) < 4.78 is 6.89. The molecule has 0 aliphatic rings. The van der Waals surface area contributed by atoms with Crippen LogP contribution in [0.1, 0.15) is 22.5 Å². The molecule has 0 unspecified atom stereocenters. The summed E-state index contributed by atoms with van der Waals surface area (Å²) in [5, 5.41) is 16.1. The predicted octanol–water partition coefficient (Wildman–Crippen LogP) is 3.09. The van der Waals surface area contributed by atoms with Gasteiger partial charge in [0.25, 0.3) is 5.91 Å². The Morgan fingerprint density at radius 3 is 2.52 bits per heavy atom. The second-order valence-electron chi connectivity index (χ2n) is 6.44. The van der Waals surface area contributed by atoms with E-state index in [4.69, 9.17) is 10.00 Å². The zero-order valence-electron chi connectivity index (χ0n) is 16.2. The molecule has 1 N–H and O–H groups in total. The first kappa shape index (κ1) is 19.8. The van der Waals surface area contributed by atoms with Crippen molar-refractivity contribution in [1.82, 2.24) is 9.78 Å². The highest BCUT2D eigenvalue weighted by molar-refractivity contribution is 5.94. The van der Waals surface area contributed by atoms with Crippen LogP contribution in [0.2, 0.25) is 0 Å². The summed E-state index contributed by atoms with van der Waals surface area (Å²) >= 11 is 0. The lowest BCUT2D eigenvalue weighted by molar-refractivity contribution is -0.146. The minimum absolute atomic E-state index is 0.0204. The Hall–Kier alpha value is -3.92. The van der Waals surface area contributed by atoms with Crippen molar-refractivity contribution < 1.29 is 14.3 Å². The number of hydrogen-bond donors (Lipinski definition) is 1. The van der Waals surface area contributed by atoms with E-state index < -0.39 is 18.5 Å². The Kier molecular flexibility index (Phi) is 6.05. The number of esters is 1. The minimum Gasteiger partial charge on any atom is -0.455 e. The fraction of sp³-hybridized carbons (Fsp3) is 0.182. The van der Waals surface area contributed by atoms with Crippen molar-refractivity contribution >= 4 is 17.6 Å². The third-order valence-electron chi connectivity index (χ3n) is 4.45. The van der Waals surface area contributed by atoms with Crippen LogP contribution < -0.4 is 5.32 Å². The molecule has 0 fully saturated rings. The molecule has 0 saturated carbocycles. The van der Waals surface area contributed by atoms with Gasteiger partial charge in [0.15, 0.2) is 6.61 Å². The molecule has 1 amide bonds. The molecule has 1 aromatic heterocycles. The van der Waals surface area contributed by atoms with Gasteiger partial charge >= 0.3 is 5.97 Å². The number of nitriles is 1. The molecule has 0 saturated heterocycles. The van der Waals surface area contributed by atoms with E-state index in [2.05, 4.69) is 10.4 Å². The lowest BCUT2D eigenvalue weighted by atomic mass is 10.1. The van der Waals surface area contributed by atoms with Crippen LogP contribution in [0, 0.1) is 25.2 Å². The van der Waals surface area contributed by atoms with Gasteiger partial charge < -0.3 is 10.1 Å². The van der Waals surface area contributed by atoms with Gasteiger partial charge in [-0.1, -0.05) is 30.3 Å². The molecule has 0 atom stereocenters. The SMILES string of the molecule is Cc1nn(-c2ccccc2)c(C)c1CC(=O)OCC(=O)Nc1ccccc1C#N. The molecule has 3 aromatic rings. The van der Waals surface area contributed by atoms with E-state index in [1.54, 1.807) is 28.9 Å². The van der Waals surface area contributed by atoms with Crippen LogP contribution in [0.3, 0.4) is 0 Å². The first-order valence-corrected chi connectivity index (χ1v) is 9.04. The van der Waals surface area contributed by atoms with Crippen LogP contribution in [0.15, 0.2) is 54.6 Å². The largest absolute Gasteiger partial charge is 0.455 e. The number of carbonyl (C=O) groups is 2. The van der Waals surface area contributed by atoms with Crippen LogP contribution in [0.25, 0.3) is 5.69 Å². The summed E-state index contributed by atoms with van der Waals surface area (Å²) in [7, 11) is 0. The summed E-state index contributed by atoms with van der Waals surface area (Å²) in [5.41, 5.74) is 3.98. The Bertz CT molecular complexity index is 1080. The van der Waals surface area contributed by atoms with E-state index >= 15 is 0 Å². The molecule has 0 bridgehead atoms. The Morgan fingerprint density at radius 1 is 1.10 bits per heavy atom. The molecule has 0 radical (unpaired) electrons. The second-order valence-corrected chi connectivity index (χ2v) is 6.44. The average molecular weight is 388 g/mol. The highest BCUT2D eigenvalue weighted by atomic mass is 16.5. The lowest BCUT2D eigenvalue weighted by Gasteiger charge is -2.08. The molecule has 7 nitrogen and oxygen atoms in total. The van der Waals surface area contributed by atoms with Crippen LogP contribution in [-0.4, -0.2) is 28.3 Å². The zero-order chi connectivity index (χ0) is 20.8. The maximum Gasteiger partial charge on any atom is 0.310 e. The first-order valence-electron chi connectivity index (χ1n) is 9.04. The van der Waals surface area contributed by atoms with Gasteiger partial charge in [-0.05, 0) is 38.1 Å². The van der Waals surface area contributed by atoms with Crippen molar-refractivity contribution in [3.8, 4) is 11.8 Å². The number of rotatable bonds is 6. The third kappa shape index (κ3) is 4.68. The van der Waals surface area contributed by atoms with Crippen molar-refractivity contribution in [1.29, 1.82) is 5.26 Å². The number of aryl methyl sites for hydroxylation is 1. The number of nitrogens with zero attached hydrogens (tertiary/aromatic N) is 3. The lowest BCUT2D eigenvalue weighted by Crippen LogP contribution is -2.22. The average Bonchev–Trinajstić information content (AvgIpc) is 3.01. The summed E-state index contributed by atoms with van der Waals surface area (Å²) in [6, 6.07) is 18.2. The second kappa shape index (κ2) is 8.85. The number of carbonyl (C=O) groups excluding carboxylic acids is 2. The number of hydrogen-bond acceptors (Lipinski definition) is 5. The van der Waals surface area contributed by atoms with Crippen LogP contribution in [-0.2, 0) is 20.7 Å². The number of ether oxygens (including phenoxy) is 1. The predicted molar refractivity (Wildman–Crippen MR) is 107 cm³/mol. The number of amides is 1. The number of benzene rings is 2. The standard InChI is InChI=1S/C22H20N4O3/c1-15-19(16(2)26(25-15)18-9-4-3-5-10-18)12-22(28)29-14-21(27)24-20-11-7-6-8-17(20)13-23/h3-11H,12,14H2,1-2H3,(H,24,27). The van der Waals surface area contributed by atoms with Crippen molar-refractivity contribution in [2.75, 3.05) is 11.9 Å². The highest BCUT2D eigenvalue weighted by Gasteiger charge is 2.17. The quantitative estimate of drug-likeness (QED) is 0.655. The van der Waals surface area contributed by atoms with E-state index in [-0.39, 0.29) is 6.42 Å². The monoisotopic (exact) mass is 388 g/mol. The van der Waals surface area contributed by atoms with E-state index in [9.17, 15) is 9.59 Å². The summed E-state index contributed by atoms with van der Waals surface area (Å²) in [6.07, 6.45) is 0.0204. The Balaban J connectivity index is 1.61. The maximum absolute atomic E-state index is 12.3. The van der Waals surface area contributed by atoms with Gasteiger partial charge in [0, 0.05) is 11.3 Å². The van der Waals surface area contributed by atoms with Crippen LogP contribution in [0.4, 0.5) is 5.69 Å². The van der Waals surface area contributed by atoms with E-state index in [0.717, 1.165) is 22.6 Å². The summed E-state index contributed by atoms with van der Waals surface area (Å²) in [6.45, 7) is 3.30. The molecule has 0 spiro atoms. The number of para-hydroxylation sites is 2. The Labute approximate surface area is 168 Å². The van der Waals surface area contributed by atoms with E-state index in [1.165, 1.54) is 0 Å². The fourth-order valence-electron chi connectivity index (χ4n) is 2.97. The highest BCUT2D eigenvalue weighted by Crippen LogP contribution is 2.19. The van der Waals surface area contributed by atoms with Crippen molar-refractivity contribution in [2.24, 2.45) is 0 Å². The summed E-state index contributed by atoms with van der Waals surface area (Å²) in [4.78, 5) is 24.3. The van der Waals surface area contributed by atoms with Gasteiger partial charge in [-0.15, -0.1) is 0 Å². The normalized spacial score (nSPS) is 10.2. The van der Waals surface area contributed by atoms with E-state index in [0.29, 0.717) is 11.3 Å². The van der Waals surface area contributed by atoms with Crippen LogP contribution >= 0.6 is 0 Å². The van der Waals surface area contributed by atoms with Gasteiger partial charge in [-0.25, -0.2) is 4.68 Å². The Morgan fingerprint density at radius 2 is 1.79 bits per heavy atom. The summed E-state index contributed by atoms with van der Waals surface area (Å²) in [5.74, 6) is -1.03. The number of anilines is 1. The molecule has 2 aromatic carbocycles. The molecular formula is C22H20N4O3. The van der Waals surface area contributed by atoms with Gasteiger partial charge in [-0.2, -0.15) is 10.4 Å². The molecule has 3 rings (SSSR count). The molecule has 29 heavy (non-hydrogen) atoms. The molecule has 0 aliphatic heterocycles. The topological polar surface area (TPSA) is 97.0 Å². The number of aromatic nitrogens is 2. The first-order chi connectivity index (χ1) is 14.0. The molecule has 1 heterocycles. The van der Waals surface area contributed by atoms with Gasteiger partial charge in [-0.3, -0.25) is 9.59 Å². The molecular weight excluding hydrogens is 368 g/mol. The maximum atomic E-state index is 12.3. The van der Waals surface area contributed by atoms with Gasteiger partial charge in [0.05, 0.1) is 29.1 Å². The van der Waals surface area contributed by atoms with Gasteiger partial charge in [0.1, 0.15) is 6.07 Å². The van der Waals surface area contributed by atoms with Gasteiger partial charge in [0.2, 0.25) is 0 Å². The smallest absolute Gasteiger partial charge is 0.310 e. The number of nitrogens with one attached hydrogen (secondary N) is 1. The van der Waals surface area contributed by atoms with Crippen LogP contribution in [0.5, 0.6) is 0 Å². The molecule has 0 aliphatic carbocycles. The fourth-order valence-corrected chi connectivity index (χ4v) is 2.97.